The number of anilines is 1. The first-order chi connectivity index (χ1) is 16.1. The van der Waals surface area contributed by atoms with Crippen molar-refractivity contribution in [2.24, 2.45) is 5.10 Å². The fraction of sp³-hybridized carbons (Fsp3) is 0.125. The maximum absolute atomic E-state index is 12.9. The van der Waals surface area contributed by atoms with Gasteiger partial charge in [-0.3, -0.25) is 9.59 Å². The molecule has 10 heteroatoms. The zero-order chi connectivity index (χ0) is 24.7. The molecule has 0 spiro atoms. The number of nitrogens with zero attached hydrogens (tertiary/aromatic N) is 1. The third kappa shape index (κ3) is 6.82. The first-order valence-electron chi connectivity index (χ1n) is 9.93. The molecule has 3 aromatic carbocycles. The van der Waals surface area contributed by atoms with Crippen molar-refractivity contribution in [1.82, 2.24) is 5.43 Å². The van der Waals surface area contributed by atoms with Crippen LogP contribution in [0.1, 0.15) is 23.6 Å². The molecule has 2 N–H and O–H groups in total. The molecule has 0 aromatic heterocycles. The summed E-state index contributed by atoms with van der Waals surface area (Å²) in [7, 11) is 0. The van der Waals surface area contributed by atoms with Crippen LogP contribution < -0.4 is 15.5 Å². The number of hydrazone groups is 1. The average molecular weight is 490 g/mol. The monoisotopic (exact) mass is 489 g/mol. The Morgan fingerprint density at radius 3 is 2.29 bits per heavy atom. The van der Waals surface area contributed by atoms with E-state index in [0.29, 0.717) is 29.7 Å². The predicted molar refractivity (Wildman–Crippen MR) is 123 cm³/mol. The smallest absolute Gasteiger partial charge is 0.416 e. The summed E-state index contributed by atoms with van der Waals surface area (Å²) in [5.41, 5.74) is 2.79. The first kappa shape index (κ1) is 24.8. The van der Waals surface area contributed by atoms with Gasteiger partial charge < -0.3 is 10.1 Å². The molecule has 0 aliphatic carbocycles. The van der Waals surface area contributed by atoms with Gasteiger partial charge >= 0.3 is 18.0 Å². The van der Waals surface area contributed by atoms with Crippen LogP contribution in [0.15, 0.2) is 77.9 Å². The summed E-state index contributed by atoms with van der Waals surface area (Å²) < 4.78 is 44.3. The summed E-state index contributed by atoms with van der Waals surface area (Å²) in [5, 5.41) is 5.76. The third-order valence-electron chi connectivity index (χ3n) is 4.59. The lowest BCUT2D eigenvalue weighted by molar-refractivity contribution is -0.137. The second-order valence-corrected chi connectivity index (χ2v) is 7.49. The van der Waals surface area contributed by atoms with Gasteiger partial charge in [0.15, 0.2) is 0 Å². The Hall–Kier alpha value is -3.85. The van der Waals surface area contributed by atoms with E-state index in [1.54, 1.807) is 31.2 Å². The Kier molecular flexibility index (Phi) is 7.91. The summed E-state index contributed by atoms with van der Waals surface area (Å²) in [6.07, 6.45) is -4.63. The Bertz CT molecular complexity index is 1200. The zero-order valence-electron chi connectivity index (χ0n) is 17.8. The maximum Gasteiger partial charge on any atom is 0.416 e. The van der Waals surface area contributed by atoms with Gasteiger partial charge in [-0.2, -0.15) is 18.3 Å². The molecule has 2 amide bonds. The Morgan fingerprint density at radius 1 is 0.971 bits per heavy atom. The second kappa shape index (κ2) is 10.8. The van der Waals surface area contributed by atoms with Crippen molar-refractivity contribution in [3.05, 3.63) is 94.5 Å². The molecule has 6 nitrogen and oxygen atoms in total. The topological polar surface area (TPSA) is 79.8 Å². The number of rotatable bonds is 6. The van der Waals surface area contributed by atoms with E-state index in [2.05, 4.69) is 15.8 Å². The molecule has 34 heavy (non-hydrogen) atoms. The van der Waals surface area contributed by atoms with Crippen molar-refractivity contribution in [2.75, 3.05) is 5.32 Å². The van der Waals surface area contributed by atoms with Crippen molar-refractivity contribution >= 4 is 34.8 Å². The van der Waals surface area contributed by atoms with E-state index >= 15 is 0 Å². The highest BCUT2D eigenvalue weighted by Crippen LogP contribution is 2.33. The molecule has 0 heterocycles. The Morgan fingerprint density at radius 2 is 1.65 bits per heavy atom. The number of halogens is 4. The number of hydrogen-bond acceptors (Lipinski definition) is 4. The van der Waals surface area contributed by atoms with Crippen LogP contribution in [0.5, 0.6) is 5.75 Å². The molecule has 3 aromatic rings. The average Bonchev–Trinajstić information content (AvgIpc) is 2.82. The molecule has 0 fully saturated rings. The maximum atomic E-state index is 12.9. The van der Waals surface area contributed by atoms with Gasteiger partial charge in [-0.25, -0.2) is 5.43 Å². The molecule has 0 bridgehead atoms. The largest absolute Gasteiger partial charge is 0.489 e. The van der Waals surface area contributed by atoms with E-state index in [9.17, 15) is 22.8 Å². The fourth-order valence-corrected chi connectivity index (χ4v) is 2.92. The van der Waals surface area contributed by atoms with Gasteiger partial charge in [-0.15, -0.1) is 0 Å². The molecule has 0 aliphatic heterocycles. The molecule has 0 atom stereocenters. The minimum atomic E-state index is -4.63. The number of amides is 2. The van der Waals surface area contributed by atoms with Gasteiger partial charge in [-0.05, 0) is 60.5 Å². The molecule has 0 unspecified atom stereocenters. The number of carbonyl (C=O) groups excluding carboxylic acids is 2. The summed E-state index contributed by atoms with van der Waals surface area (Å²) >= 11 is 5.82. The summed E-state index contributed by atoms with van der Waals surface area (Å²) in [6.45, 7) is 2.02. The van der Waals surface area contributed by atoms with Gasteiger partial charge in [-0.1, -0.05) is 41.9 Å². The number of ether oxygens (including phenoxy) is 1. The highest BCUT2D eigenvalue weighted by atomic mass is 35.5. The Balaban J connectivity index is 1.57. The molecule has 0 saturated heterocycles. The summed E-state index contributed by atoms with van der Waals surface area (Å²) in [6, 6.07) is 19.0. The summed E-state index contributed by atoms with van der Waals surface area (Å²) in [4.78, 5) is 24.1. The lowest BCUT2D eigenvalue weighted by Gasteiger charge is -2.11. The van der Waals surface area contributed by atoms with Crippen molar-refractivity contribution in [2.45, 2.75) is 19.7 Å². The standard InChI is InChI=1S/C24H19ClF3N3O3/c1-15(17-7-10-19(11-8-17)34-14-16-5-3-2-4-6-16)30-31-23(33)22(32)29-21-13-18(24(26,27)28)9-12-20(21)25/h2-13H,14H2,1H3,(H,29,32)(H,31,33). The molecule has 3 rings (SSSR count). The van der Waals surface area contributed by atoms with Crippen LogP contribution in [0, 0.1) is 0 Å². The van der Waals surface area contributed by atoms with E-state index in [-0.39, 0.29) is 10.7 Å². The highest BCUT2D eigenvalue weighted by molar-refractivity contribution is 6.41. The van der Waals surface area contributed by atoms with Crippen LogP contribution >= 0.6 is 11.6 Å². The molecule has 0 radical (unpaired) electrons. The third-order valence-corrected chi connectivity index (χ3v) is 4.92. The second-order valence-electron chi connectivity index (χ2n) is 7.08. The predicted octanol–water partition coefficient (Wildman–Crippen LogP) is 5.42. The van der Waals surface area contributed by atoms with Crippen LogP contribution in [0.25, 0.3) is 0 Å². The fourth-order valence-electron chi connectivity index (χ4n) is 2.76. The van der Waals surface area contributed by atoms with Crippen molar-refractivity contribution < 1.29 is 27.5 Å². The Labute approximate surface area is 198 Å². The number of alkyl halides is 3. The van der Waals surface area contributed by atoms with Crippen molar-refractivity contribution in [3.8, 4) is 5.75 Å². The van der Waals surface area contributed by atoms with E-state index in [0.717, 1.165) is 17.7 Å². The van der Waals surface area contributed by atoms with Gasteiger partial charge in [0.05, 0.1) is 22.0 Å². The van der Waals surface area contributed by atoms with Crippen molar-refractivity contribution in [3.63, 3.8) is 0 Å². The molecule has 0 aliphatic rings. The first-order valence-corrected chi connectivity index (χ1v) is 10.3. The normalized spacial score (nSPS) is 11.6. The number of benzene rings is 3. The van der Waals surface area contributed by atoms with Crippen LogP contribution in [0.2, 0.25) is 5.02 Å². The SMILES string of the molecule is CC(=NNC(=O)C(=O)Nc1cc(C(F)(F)F)ccc1Cl)c1ccc(OCc2ccccc2)cc1. The molecular formula is C24H19ClF3N3O3. The number of nitrogens with one attached hydrogen (secondary N) is 2. The van der Waals surface area contributed by atoms with E-state index in [1.807, 2.05) is 30.3 Å². The minimum Gasteiger partial charge on any atom is -0.489 e. The van der Waals surface area contributed by atoms with E-state index in [1.165, 1.54) is 0 Å². The molecule has 176 valence electrons. The van der Waals surface area contributed by atoms with Gasteiger partial charge in [0.2, 0.25) is 0 Å². The van der Waals surface area contributed by atoms with Crippen LogP contribution in [-0.4, -0.2) is 17.5 Å². The molecule has 0 saturated carbocycles. The van der Waals surface area contributed by atoms with Gasteiger partial charge in [0.1, 0.15) is 12.4 Å². The van der Waals surface area contributed by atoms with E-state index < -0.39 is 23.6 Å². The van der Waals surface area contributed by atoms with Crippen LogP contribution in [-0.2, 0) is 22.4 Å². The molecular weight excluding hydrogens is 471 g/mol. The van der Waals surface area contributed by atoms with E-state index in [4.69, 9.17) is 16.3 Å². The number of hydrogen-bond donors (Lipinski definition) is 2. The lowest BCUT2D eigenvalue weighted by Crippen LogP contribution is -2.33. The lowest BCUT2D eigenvalue weighted by atomic mass is 10.1. The van der Waals surface area contributed by atoms with Gasteiger partial charge in [0, 0.05) is 0 Å². The van der Waals surface area contributed by atoms with Crippen LogP contribution in [0.3, 0.4) is 0 Å². The van der Waals surface area contributed by atoms with Gasteiger partial charge in [0.25, 0.3) is 0 Å². The van der Waals surface area contributed by atoms with Crippen molar-refractivity contribution in [1.29, 1.82) is 0 Å². The summed E-state index contributed by atoms with van der Waals surface area (Å²) in [5.74, 6) is -1.75. The number of carbonyl (C=O) groups is 2. The quantitative estimate of drug-likeness (QED) is 0.276. The minimum absolute atomic E-state index is 0.150. The highest BCUT2D eigenvalue weighted by Gasteiger charge is 2.31. The zero-order valence-corrected chi connectivity index (χ0v) is 18.6. The van der Waals surface area contributed by atoms with Crippen LogP contribution in [0.4, 0.5) is 18.9 Å².